The van der Waals surface area contributed by atoms with Crippen molar-refractivity contribution in [3.63, 3.8) is 0 Å². The highest BCUT2D eigenvalue weighted by atomic mass is 32.2. The summed E-state index contributed by atoms with van der Waals surface area (Å²) < 4.78 is 25.7. The number of nitrogens with zero attached hydrogens (tertiary/aromatic N) is 1. The van der Waals surface area contributed by atoms with E-state index in [-0.39, 0.29) is 11.4 Å². The van der Waals surface area contributed by atoms with Gasteiger partial charge in [-0.2, -0.15) is 4.72 Å². The van der Waals surface area contributed by atoms with E-state index in [0.29, 0.717) is 12.2 Å². The van der Waals surface area contributed by atoms with E-state index in [4.69, 9.17) is 5.11 Å². The first-order valence-corrected chi connectivity index (χ1v) is 6.68. The van der Waals surface area contributed by atoms with Crippen LogP contribution in [0.1, 0.15) is 26.1 Å². The Labute approximate surface area is 99.3 Å². The number of hydrogen-bond donors (Lipinski definition) is 3. The fraction of sp³-hybridized carbons (Fsp3) is 0.556. The number of carbonyl (C=O) groups is 1. The van der Waals surface area contributed by atoms with E-state index < -0.39 is 22.0 Å². The number of imidazole rings is 1. The van der Waals surface area contributed by atoms with Crippen LogP contribution < -0.4 is 4.72 Å². The average Bonchev–Trinajstić information content (AvgIpc) is 2.74. The number of aromatic amines is 1. The summed E-state index contributed by atoms with van der Waals surface area (Å²) in [5.41, 5.74) is 0. The second-order valence-electron chi connectivity index (χ2n) is 3.47. The van der Waals surface area contributed by atoms with E-state index in [1.165, 1.54) is 6.20 Å². The maximum absolute atomic E-state index is 11.8. The van der Waals surface area contributed by atoms with Gasteiger partial charge in [0.05, 0.1) is 6.20 Å². The van der Waals surface area contributed by atoms with E-state index in [1.54, 1.807) is 6.92 Å². The highest BCUT2D eigenvalue weighted by Gasteiger charge is 2.25. The second kappa shape index (κ2) is 5.28. The zero-order valence-electron chi connectivity index (χ0n) is 9.60. The van der Waals surface area contributed by atoms with E-state index in [9.17, 15) is 13.2 Å². The molecule has 0 aliphatic rings. The van der Waals surface area contributed by atoms with Crippen molar-refractivity contribution in [3.8, 4) is 0 Å². The van der Waals surface area contributed by atoms with Gasteiger partial charge in [-0.3, -0.25) is 4.79 Å². The van der Waals surface area contributed by atoms with Crippen molar-refractivity contribution >= 4 is 16.0 Å². The van der Waals surface area contributed by atoms with Crippen LogP contribution in [0.2, 0.25) is 0 Å². The van der Waals surface area contributed by atoms with Crippen LogP contribution in [0.15, 0.2) is 11.2 Å². The maximum atomic E-state index is 11.8. The minimum absolute atomic E-state index is 0.117. The summed E-state index contributed by atoms with van der Waals surface area (Å²) in [5, 5.41) is 8.67. The van der Waals surface area contributed by atoms with Gasteiger partial charge in [0.1, 0.15) is 11.9 Å². The van der Waals surface area contributed by atoms with Gasteiger partial charge in [0.2, 0.25) is 0 Å². The third kappa shape index (κ3) is 3.27. The SMILES string of the molecule is CCc1ncc(S(=O)(=O)N[C@@H](CC)C(=O)O)[nH]1. The minimum Gasteiger partial charge on any atom is -0.480 e. The van der Waals surface area contributed by atoms with Gasteiger partial charge in [0.25, 0.3) is 10.0 Å². The van der Waals surface area contributed by atoms with Gasteiger partial charge < -0.3 is 10.1 Å². The summed E-state index contributed by atoms with van der Waals surface area (Å²) in [6, 6.07) is -1.13. The zero-order valence-corrected chi connectivity index (χ0v) is 10.4. The van der Waals surface area contributed by atoms with Crippen molar-refractivity contribution in [2.45, 2.75) is 37.8 Å². The maximum Gasteiger partial charge on any atom is 0.321 e. The first-order chi connectivity index (χ1) is 7.90. The van der Waals surface area contributed by atoms with Crippen LogP contribution in [0.3, 0.4) is 0 Å². The second-order valence-corrected chi connectivity index (χ2v) is 5.15. The minimum atomic E-state index is -3.85. The Hall–Kier alpha value is -1.41. The molecule has 0 saturated carbocycles. The molecule has 1 aromatic rings. The van der Waals surface area contributed by atoms with Crippen molar-refractivity contribution in [1.82, 2.24) is 14.7 Å². The van der Waals surface area contributed by atoms with Crippen LogP contribution >= 0.6 is 0 Å². The molecule has 0 unspecified atom stereocenters. The van der Waals surface area contributed by atoms with Gasteiger partial charge in [-0.25, -0.2) is 13.4 Å². The topological polar surface area (TPSA) is 112 Å². The molecule has 0 fully saturated rings. The number of aryl methyl sites for hydroxylation is 1. The quantitative estimate of drug-likeness (QED) is 0.673. The largest absolute Gasteiger partial charge is 0.480 e. The molecule has 0 aliphatic carbocycles. The number of rotatable bonds is 6. The van der Waals surface area contributed by atoms with Gasteiger partial charge >= 0.3 is 5.97 Å². The molecule has 96 valence electrons. The number of sulfonamides is 1. The number of aromatic nitrogens is 2. The van der Waals surface area contributed by atoms with Gasteiger partial charge in [-0.05, 0) is 6.42 Å². The summed E-state index contributed by atoms with van der Waals surface area (Å²) in [7, 11) is -3.85. The smallest absolute Gasteiger partial charge is 0.321 e. The molecule has 0 bridgehead atoms. The molecule has 1 aromatic heterocycles. The Morgan fingerprint density at radius 2 is 2.24 bits per heavy atom. The fourth-order valence-corrected chi connectivity index (χ4v) is 2.43. The molecule has 0 radical (unpaired) electrons. The van der Waals surface area contributed by atoms with Gasteiger partial charge in [0, 0.05) is 6.42 Å². The lowest BCUT2D eigenvalue weighted by Gasteiger charge is -2.11. The third-order valence-electron chi connectivity index (χ3n) is 2.23. The molecule has 8 heteroatoms. The Kier molecular flexibility index (Phi) is 4.24. The van der Waals surface area contributed by atoms with Crippen LogP contribution in [0.25, 0.3) is 0 Å². The monoisotopic (exact) mass is 261 g/mol. The Bertz CT molecular complexity index is 494. The molecular weight excluding hydrogens is 246 g/mol. The Morgan fingerprint density at radius 3 is 2.65 bits per heavy atom. The molecule has 3 N–H and O–H groups in total. The molecule has 0 spiro atoms. The summed E-state index contributed by atoms with van der Waals surface area (Å²) in [5.74, 6) is -0.667. The van der Waals surface area contributed by atoms with Gasteiger partial charge in [-0.1, -0.05) is 13.8 Å². The molecular formula is C9H15N3O4S. The van der Waals surface area contributed by atoms with E-state index in [0.717, 1.165) is 0 Å². The number of H-pyrrole nitrogens is 1. The molecule has 0 amide bonds. The Morgan fingerprint density at radius 1 is 1.59 bits per heavy atom. The van der Waals surface area contributed by atoms with Crippen LogP contribution in [-0.4, -0.2) is 35.5 Å². The molecule has 1 rings (SSSR count). The van der Waals surface area contributed by atoms with Crippen LogP contribution in [0.5, 0.6) is 0 Å². The molecule has 0 aromatic carbocycles. The lowest BCUT2D eigenvalue weighted by Crippen LogP contribution is -2.40. The van der Waals surface area contributed by atoms with Gasteiger partial charge in [0.15, 0.2) is 5.03 Å². The van der Waals surface area contributed by atoms with Crippen molar-refractivity contribution in [1.29, 1.82) is 0 Å². The van der Waals surface area contributed by atoms with E-state index >= 15 is 0 Å². The number of nitrogens with one attached hydrogen (secondary N) is 2. The van der Waals surface area contributed by atoms with E-state index in [2.05, 4.69) is 14.7 Å². The summed E-state index contributed by atoms with van der Waals surface area (Å²) in [6.07, 6.45) is 1.92. The van der Waals surface area contributed by atoms with Crippen molar-refractivity contribution in [2.75, 3.05) is 0 Å². The number of hydrogen-bond acceptors (Lipinski definition) is 4. The first-order valence-electron chi connectivity index (χ1n) is 5.19. The first kappa shape index (κ1) is 13.7. The van der Waals surface area contributed by atoms with Crippen LogP contribution in [0, 0.1) is 0 Å². The average molecular weight is 261 g/mol. The number of carboxylic acid groups (broad SMARTS) is 1. The standard InChI is InChI=1S/C9H15N3O4S/c1-3-6(9(13)14)12-17(15,16)8-5-10-7(4-2)11-8/h5-6,12H,3-4H2,1-2H3,(H,10,11)(H,13,14)/t6-/m0/s1. The highest BCUT2D eigenvalue weighted by Crippen LogP contribution is 2.07. The molecule has 7 nitrogen and oxygen atoms in total. The Balaban J connectivity index is 2.91. The van der Waals surface area contributed by atoms with Crippen molar-refractivity contribution < 1.29 is 18.3 Å². The summed E-state index contributed by atoms with van der Waals surface area (Å²) in [4.78, 5) is 17.2. The predicted octanol–water partition coefficient (Wildman–Crippen LogP) is 0.114. The molecule has 17 heavy (non-hydrogen) atoms. The van der Waals surface area contributed by atoms with Gasteiger partial charge in [-0.15, -0.1) is 0 Å². The molecule has 0 saturated heterocycles. The van der Waals surface area contributed by atoms with Crippen LogP contribution in [0.4, 0.5) is 0 Å². The normalized spacial score (nSPS) is 13.5. The fourth-order valence-electron chi connectivity index (χ4n) is 1.22. The van der Waals surface area contributed by atoms with E-state index in [1.807, 2.05) is 6.92 Å². The molecule has 0 aliphatic heterocycles. The zero-order chi connectivity index (χ0) is 13.1. The summed E-state index contributed by atoms with van der Waals surface area (Å²) >= 11 is 0. The van der Waals surface area contributed by atoms with Crippen molar-refractivity contribution in [2.24, 2.45) is 0 Å². The molecule has 1 heterocycles. The lowest BCUT2D eigenvalue weighted by molar-refractivity contribution is -0.139. The number of aliphatic carboxylic acids is 1. The van der Waals surface area contributed by atoms with Crippen molar-refractivity contribution in [3.05, 3.63) is 12.0 Å². The predicted molar refractivity (Wildman–Crippen MR) is 60.0 cm³/mol. The third-order valence-corrected chi connectivity index (χ3v) is 3.61. The lowest BCUT2D eigenvalue weighted by atomic mass is 10.2. The van der Waals surface area contributed by atoms with Crippen LogP contribution in [-0.2, 0) is 21.2 Å². The molecule has 1 atom stereocenters. The summed E-state index contributed by atoms with van der Waals surface area (Å²) in [6.45, 7) is 3.42. The highest BCUT2D eigenvalue weighted by molar-refractivity contribution is 7.89. The number of carboxylic acids is 1.